The molecule has 3 nitrogen and oxygen atoms in total. The van der Waals surface area contributed by atoms with Crippen molar-refractivity contribution in [2.24, 2.45) is 5.41 Å². The van der Waals surface area contributed by atoms with Gasteiger partial charge in [0.2, 0.25) is 0 Å². The monoisotopic (exact) mass is 292 g/mol. The number of hydrogen-bond donors (Lipinski definition) is 1. The van der Waals surface area contributed by atoms with Crippen molar-refractivity contribution in [3.05, 3.63) is 29.8 Å². The van der Waals surface area contributed by atoms with Gasteiger partial charge in [-0.25, -0.2) is 0 Å². The Kier molecular flexibility index (Phi) is 7.20. The third-order valence-corrected chi connectivity index (χ3v) is 3.88. The Balaban J connectivity index is 2.50. The van der Waals surface area contributed by atoms with Crippen molar-refractivity contribution in [1.29, 1.82) is 0 Å². The van der Waals surface area contributed by atoms with Gasteiger partial charge in [-0.1, -0.05) is 39.8 Å². The van der Waals surface area contributed by atoms with E-state index in [4.69, 9.17) is 4.74 Å². The first-order valence-electron chi connectivity index (χ1n) is 7.91. The highest BCUT2D eigenvalue weighted by molar-refractivity contribution is 5.28. The van der Waals surface area contributed by atoms with Crippen LogP contribution in [0.4, 0.5) is 0 Å². The third kappa shape index (κ3) is 6.49. The SMILES string of the molecule is CCNC(CCN(C)Cc1cccc(OC)c1)C(C)(C)C. The molecule has 0 aliphatic heterocycles. The predicted octanol–water partition coefficient (Wildman–Crippen LogP) is 3.54. The maximum atomic E-state index is 5.28. The molecule has 1 aromatic rings. The van der Waals surface area contributed by atoms with Crippen molar-refractivity contribution in [2.45, 2.75) is 46.7 Å². The summed E-state index contributed by atoms with van der Waals surface area (Å²) in [6, 6.07) is 8.87. The van der Waals surface area contributed by atoms with Gasteiger partial charge < -0.3 is 15.0 Å². The van der Waals surface area contributed by atoms with Gasteiger partial charge >= 0.3 is 0 Å². The second-order valence-electron chi connectivity index (χ2n) is 6.85. The van der Waals surface area contributed by atoms with E-state index in [1.807, 2.05) is 6.07 Å². The van der Waals surface area contributed by atoms with Gasteiger partial charge in [-0.05, 0) is 49.7 Å². The summed E-state index contributed by atoms with van der Waals surface area (Å²) in [4.78, 5) is 2.38. The molecule has 0 fully saturated rings. The van der Waals surface area contributed by atoms with E-state index >= 15 is 0 Å². The number of methoxy groups -OCH3 is 1. The average Bonchev–Trinajstić information content (AvgIpc) is 2.42. The van der Waals surface area contributed by atoms with Gasteiger partial charge in [-0.2, -0.15) is 0 Å². The molecule has 0 radical (unpaired) electrons. The first kappa shape index (κ1) is 18.0. The zero-order valence-electron chi connectivity index (χ0n) is 14.6. The normalized spacial score (nSPS) is 13.5. The second kappa shape index (κ2) is 8.40. The van der Waals surface area contributed by atoms with Gasteiger partial charge in [0.05, 0.1) is 7.11 Å². The smallest absolute Gasteiger partial charge is 0.119 e. The summed E-state index contributed by atoms with van der Waals surface area (Å²) in [7, 11) is 3.90. The molecule has 1 N–H and O–H groups in total. The number of ether oxygens (including phenoxy) is 1. The molecule has 0 saturated carbocycles. The Morgan fingerprint density at radius 2 is 2.00 bits per heavy atom. The van der Waals surface area contributed by atoms with E-state index in [0.717, 1.165) is 31.8 Å². The molecule has 0 aliphatic rings. The minimum absolute atomic E-state index is 0.298. The predicted molar refractivity (Wildman–Crippen MR) is 90.9 cm³/mol. The number of benzene rings is 1. The van der Waals surface area contributed by atoms with E-state index in [-0.39, 0.29) is 0 Å². The van der Waals surface area contributed by atoms with Crippen LogP contribution in [0.5, 0.6) is 5.75 Å². The van der Waals surface area contributed by atoms with Gasteiger partial charge in [0.25, 0.3) is 0 Å². The number of nitrogens with zero attached hydrogens (tertiary/aromatic N) is 1. The first-order chi connectivity index (χ1) is 9.86. The zero-order chi connectivity index (χ0) is 15.9. The van der Waals surface area contributed by atoms with Crippen molar-refractivity contribution >= 4 is 0 Å². The quantitative estimate of drug-likeness (QED) is 0.793. The lowest BCUT2D eigenvalue weighted by Gasteiger charge is -2.33. The van der Waals surface area contributed by atoms with Crippen molar-refractivity contribution < 1.29 is 4.74 Å². The van der Waals surface area contributed by atoms with E-state index in [2.05, 4.69) is 63.2 Å². The fourth-order valence-electron chi connectivity index (χ4n) is 2.60. The molecule has 0 amide bonds. The van der Waals surface area contributed by atoms with Gasteiger partial charge in [-0.3, -0.25) is 0 Å². The standard InChI is InChI=1S/C18H32N2O/c1-7-19-17(18(2,3)4)11-12-20(5)14-15-9-8-10-16(13-15)21-6/h8-10,13,17,19H,7,11-12,14H2,1-6H3. The summed E-state index contributed by atoms with van der Waals surface area (Å²) in [5.41, 5.74) is 1.60. The maximum absolute atomic E-state index is 5.28. The molecule has 1 rings (SSSR count). The van der Waals surface area contributed by atoms with E-state index in [1.165, 1.54) is 5.56 Å². The minimum atomic E-state index is 0.298. The molecule has 0 saturated heterocycles. The number of hydrogen-bond acceptors (Lipinski definition) is 3. The van der Waals surface area contributed by atoms with Crippen LogP contribution in [-0.4, -0.2) is 38.2 Å². The topological polar surface area (TPSA) is 24.5 Å². The van der Waals surface area contributed by atoms with Crippen LogP contribution in [0.3, 0.4) is 0 Å². The fourth-order valence-corrected chi connectivity index (χ4v) is 2.60. The highest BCUT2D eigenvalue weighted by Gasteiger charge is 2.23. The van der Waals surface area contributed by atoms with Gasteiger partial charge in [0.1, 0.15) is 5.75 Å². The Morgan fingerprint density at radius 3 is 2.57 bits per heavy atom. The Hall–Kier alpha value is -1.06. The molecule has 0 spiro atoms. The average molecular weight is 292 g/mol. The highest BCUT2D eigenvalue weighted by atomic mass is 16.5. The second-order valence-corrected chi connectivity index (χ2v) is 6.85. The van der Waals surface area contributed by atoms with Gasteiger partial charge in [0, 0.05) is 12.6 Å². The molecule has 0 bridgehead atoms. The van der Waals surface area contributed by atoms with E-state index < -0.39 is 0 Å². The van der Waals surface area contributed by atoms with Crippen LogP contribution in [0.2, 0.25) is 0 Å². The van der Waals surface area contributed by atoms with Crippen LogP contribution < -0.4 is 10.1 Å². The molecule has 21 heavy (non-hydrogen) atoms. The third-order valence-electron chi connectivity index (χ3n) is 3.88. The summed E-state index contributed by atoms with van der Waals surface area (Å²) >= 11 is 0. The Morgan fingerprint density at radius 1 is 1.29 bits per heavy atom. The molecule has 0 aromatic heterocycles. The van der Waals surface area contributed by atoms with Crippen LogP contribution in [0.15, 0.2) is 24.3 Å². The molecule has 0 heterocycles. The molecule has 0 aliphatic carbocycles. The van der Waals surface area contributed by atoms with Crippen LogP contribution in [0.1, 0.15) is 39.7 Å². The van der Waals surface area contributed by atoms with E-state index in [0.29, 0.717) is 11.5 Å². The molecule has 3 heteroatoms. The van der Waals surface area contributed by atoms with Gasteiger partial charge in [-0.15, -0.1) is 0 Å². The molecular formula is C18H32N2O. The maximum Gasteiger partial charge on any atom is 0.119 e. The van der Waals surface area contributed by atoms with Crippen LogP contribution in [-0.2, 0) is 6.54 Å². The van der Waals surface area contributed by atoms with Gasteiger partial charge in [0.15, 0.2) is 0 Å². The Labute approximate surface area is 130 Å². The molecule has 1 atom stereocenters. The van der Waals surface area contributed by atoms with Crippen molar-refractivity contribution in [3.8, 4) is 5.75 Å². The summed E-state index contributed by atoms with van der Waals surface area (Å²) < 4.78 is 5.28. The fraction of sp³-hybridized carbons (Fsp3) is 0.667. The summed E-state index contributed by atoms with van der Waals surface area (Å²) in [6.45, 7) is 12.2. The lowest BCUT2D eigenvalue weighted by Crippen LogP contribution is -2.42. The highest BCUT2D eigenvalue weighted by Crippen LogP contribution is 2.22. The van der Waals surface area contributed by atoms with Crippen molar-refractivity contribution in [2.75, 3.05) is 27.2 Å². The molecule has 1 unspecified atom stereocenters. The summed E-state index contributed by atoms with van der Waals surface area (Å²) in [5.74, 6) is 0.932. The largest absolute Gasteiger partial charge is 0.497 e. The minimum Gasteiger partial charge on any atom is -0.497 e. The lowest BCUT2D eigenvalue weighted by molar-refractivity contribution is 0.221. The number of nitrogens with one attached hydrogen (secondary N) is 1. The molecule has 1 aromatic carbocycles. The van der Waals surface area contributed by atoms with Crippen LogP contribution in [0, 0.1) is 5.41 Å². The Bertz CT molecular complexity index is 412. The van der Waals surface area contributed by atoms with E-state index in [9.17, 15) is 0 Å². The lowest BCUT2D eigenvalue weighted by atomic mass is 9.84. The molecular weight excluding hydrogens is 260 g/mol. The zero-order valence-corrected chi connectivity index (χ0v) is 14.6. The van der Waals surface area contributed by atoms with Crippen LogP contribution >= 0.6 is 0 Å². The van der Waals surface area contributed by atoms with E-state index in [1.54, 1.807) is 7.11 Å². The first-order valence-corrected chi connectivity index (χ1v) is 7.91. The summed E-state index contributed by atoms with van der Waals surface area (Å²) in [5, 5.41) is 3.61. The molecule has 120 valence electrons. The number of rotatable bonds is 8. The van der Waals surface area contributed by atoms with Crippen molar-refractivity contribution in [3.63, 3.8) is 0 Å². The van der Waals surface area contributed by atoms with Crippen LogP contribution in [0.25, 0.3) is 0 Å². The summed E-state index contributed by atoms with van der Waals surface area (Å²) in [6.07, 6.45) is 1.16. The van der Waals surface area contributed by atoms with Crippen molar-refractivity contribution in [1.82, 2.24) is 10.2 Å².